The minimum atomic E-state index is 0.873. The van der Waals surface area contributed by atoms with E-state index < -0.39 is 0 Å². The Morgan fingerprint density at radius 2 is 0.667 bits per heavy atom. The van der Waals surface area contributed by atoms with Crippen LogP contribution < -0.4 is 31.9 Å². The van der Waals surface area contributed by atoms with Gasteiger partial charge in [-0.3, -0.25) is 10.9 Å². The van der Waals surface area contributed by atoms with Crippen LogP contribution in [0.4, 0.5) is 51.2 Å². The van der Waals surface area contributed by atoms with Crippen LogP contribution in [0.15, 0.2) is 164 Å². The minimum absolute atomic E-state index is 0.873. The van der Waals surface area contributed by atoms with E-state index in [0.29, 0.717) is 0 Å². The molecule has 0 amide bonds. The zero-order valence-corrected chi connectivity index (χ0v) is 23.0. The van der Waals surface area contributed by atoms with E-state index in [1.165, 1.54) is 0 Å². The summed E-state index contributed by atoms with van der Waals surface area (Å²) in [5, 5.41) is 13.0. The zero-order valence-electron chi connectivity index (χ0n) is 23.0. The molecule has 0 heterocycles. The fraction of sp³-hybridized carbons (Fsp3) is 0. The molecule has 0 radical (unpaired) electrons. The fourth-order valence-corrected chi connectivity index (χ4v) is 4.58. The summed E-state index contributed by atoms with van der Waals surface area (Å²) < 4.78 is 0. The smallest absolute Gasteiger partial charge is 0.107 e. The first kappa shape index (κ1) is 26.3. The number of hydrogen-bond donors (Lipinski definition) is 5. The van der Waals surface area contributed by atoms with Crippen LogP contribution in [-0.2, 0) is 0 Å². The number of nitrogens with one attached hydrogen (secondary N) is 5. The highest BCUT2D eigenvalue weighted by Crippen LogP contribution is 2.43. The molecule has 6 aromatic carbocycles. The highest BCUT2D eigenvalue weighted by molar-refractivity contribution is 5.97. The summed E-state index contributed by atoms with van der Waals surface area (Å²) in [6, 6.07) is 55.0. The van der Waals surface area contributed by atoms with Crippen LogP contribution in [0.25, 0.3) is 0 Å². The van der Waals surface area contributed by atoms with Crippen molar-refractivity contribution < 1.29 is 0 Å². The molecule has 206 valence electrons. The molecule has 5 N–H and O–H groups in total. The van der Waals surface area contributed by atoms with Crippen molar-refractivity contribution in [1.82, 2.24) is 0 Å². The van der Waals surface area contributed by atoms with Gasteiger partial charge in [0.1, 0.15) is 5.69 Å². The third-order valence-electron chi connectivity index (χ3n) is 6.59. The monoisotopic (exact) mass is 548 g/mol. The molecule has 0 saturated heterocycles. The molecule has 0 aliphatic carbocycles. The van der Waals surface area contributed by atoms with E-state index in [-0.39, 0.29) is 0 Å². The van der Waals surface area contributed by atoms with E-state index >= 15 is 0 Å². The van der Waals surface area contributed by atoms with Gasteiger partial charge in [0.2, 0.25) is 0 Å². The van der Waals surface area contributed by atoms with E-state index in [4.69, 9.17) is 0 Å². The Balaban J connectivity index is 1.52. The predicted octanol–water partition coefficient (Wildman–Crippen LogP) is 9.78. The number of hydrazine groups is 2. The van der Waals surface area contributed by atoms with Crippen molar-refractivity contribution in [1.29, 1.82) is 0 Å². The molecule has 0 aliphatic heterocycles. The SMILES string of the molecule is c1ccc(Nc2ccc(N(Nc3ccccc3)Nc3ccccc3)c(Nc3ccccc3)c2Nc2ccccc2)cc1. The van der Waals surface area contributed by atoms with Gasteiger partial charge in [-0.05, 0) is 72.8 Å². The second-order valence-electron chi connectivity index (χ2n) is 9.65. The summed E-state index contributed by atoms with van der Waals surface area (Å²) in [5.41, 5.74) is 15.5. The molecule has 0 saturated carbocycles. The van der Waals surface area contributed by atoms with Crippen LogP contribution in [0.1, 0.15) is 0 Å². The number of anilines is 9. The lowest BCUT2D eigenvalue weighted by atomic mass is 10.1. The van der Waals surface area contributed by atoms with E-state index in [9.17, 15) is 0 Å². The second-order valence-corrected chi connectivity index (χ2v) is 9.65. The Labute approximate surface area is 246 Å². The second kappa shape index (κ2) is 13.0. The maximum absolute atomic E-state index is 3.72. The van der Waals surface area contributed by atoms with Gasteiger partial charge in [0.05, 0.1) is 28.4 Å². The Morgan fingerprint density at radius 1 is 0.310 bits per heavy atom. The molecule has 0 aromatic heterocycles. The van der Waals surface area contributed by atoms with Crippen LogP contribution >= 0.6 is 0 Å². The van der Waals surface area contributed by atoms with Gasteiger partial charge in [-0.15, -0.1) is 0 Å². The number of nitrogens with zero attached hydrogens (tertiary/aromatic N) is 1. The third-order valence-corrected chi connectivity index (χ3v) is 6.59. The third kappa shape index (κ3) is 6.63. The molecular formula is C36H32N6. The van der Waals surface area contributed by atoms with Crippen molar-refractivity contribution in [3.63, 3.8) is 0 Å². The molecular weight excluding hydrogens is 516 g/mol. The van der Waals surface area contributed by atoms with Gasteiger partial charge < -0.3 is 16.0 Å². The molecule has 0 bridgehead atoms. The highest BCUT2D eigenvalue weighted by atomic mass is 15.7. The van der Waals surface area contributed by atoms with Gasteiger partial charge in [-0.25, -0.2) is 0 Å². The number of para-hydroxylation sites is 5. The predicted molar refractivity (Wildman–Crippen MR) is 178 cm³/mol. The summed E-state index contributed by atoms with van der Waals surface area (Å²) in [6.07, 6.45) is 0. The molecule has 0 spiro atoms. The van der Waals surface area contributed by atoms with Crippen LogP contribution in [0.2, 0.25) is 0 Å². The van der Waals surface area contributed by atoms with Crippen molar-refractivity contribution in [3.05, 3.63) is 164 Å². The average molecular weight is 549 g/mol. The standard InChI is InChI=1S/C36H32N6/c1-6-16-28(17-7-1)37-33-26-27-34(42(40-31-22-12-4-13-23-31)41-32-24-14-5-15-25-32)36(39-30-20-10-3-11-21-30)35(33)38-29-18-8-2-9-19-29/h1-27,37-41H. The van der Waals surface area contributed by atoms with E-state index in [1.807, 2.05) is 120 Å². The Hall–Kier alpha value is -5.88. The summed E-state index contributed by atoms with van der Waals surface area (Å²) in [4.78, 5) is 0. The zero-order chi connectivity index (χ0) is 28.4. The van der Waals surface area contributed by atoms with Crippen molar-refractivity contribution in [2.24, 2.45) is 0 Å². The van der Waals surface area contributed by atoms with Crippen molar-refractivity contribution in [2.45, 2.75) is 0 Å². The first-order valence-corrected chi connectivity index (χ1v) is 13.9. The molecule has 0 atom stereocenters. The Bertz CT molecular complexity index is 1640. The Kier molecular flexibility index (Phi) is 8.14. The lowest BCUT2D eigenvalue weighted by Gasteiger charge is -2.31. The summed E-state index contributed by atoms with van der Waals surface area (Å²) in [5.74, 6) is 0. The van der Waals surface area contributed by atoms with Gasteiger partial charge in [-0.2, -0.15) is 5.12 Å². The average Bonchev–Trinajstić information content (AvgIpc) is 3.05. The topological polar surface area (TPSA) is 63.4 Å². The molecule has 0 unspecified atom stereocenters. The number of benzene rings is 6. The first-order chi connectivity index (χ1) is 20.8. The van der Waals surface area contributed by atoms with E-state index in [0.717, 1.165) is 51.2 Å². The van der Waals surface area contributed by atoms with Crippen LogP contribution in [0.5, 0.6) is 0 Å². The van der Waals surface area contributed by atoms with Gasteiger partial charge >= 0.3 is 0 Å². The lowest BCUT2D eigenvalue weighted by molar-refractivity contribution is 1.06. The van der Waals surface area contributed by atoms with Gasteiger partial charge in [0, 0.05) is 17.1 Å². The van der Waals surface area contributed by atoms with Gasteiger partial charge in [-0.1, -0.05) is 91.0 Å². The summed E-state index contributed by atoms with van der Waals surface area (Å²) >= 11 is 0. The number of hydrogen-bond acceptors (Lipinski definition) is 6. The first-order valence-electron chi connectivity index (χ1n) is 13.9. The molecule has 6 aromatic rings. The molecule has 0 aliphatic rings. The van der Waals surface area contributed by atoms with Crippen molar-refractivity contribution in [3.8, 4) is 0 Å². The highest BCUT2D eigenvalue weighted by Gasteiger charge is 2.20. The quantitative estimate of drug-likeness (QED) is 0.104. The van der Waals surface area contributed by atoms with E-state index in [2.05, 4.69) is 75.3 Å². The van der Waals surface area contributed by atoms with Crippen molar-refractivity contribution >= 4 is 51.2 Å². The largest absolute Gasteiger partial charge is 0.354 e. The Morgan fingerprint density at radius 3 is 1.10 bits per heavy atom. The summed E-state index contributed by atoms with van der Waals surface area (Å²) in [6.45, 7) is 0. The molecule has 6 rings (SSSR count). The maximum atomic E-state index is 3.72. The lowest BCUT2D eigenvalue weighted by Crippen LogP contribution is -2.36. The number of rotatable bonds is 11. The van der Waals surface area contributed by atoms with Crippen LogP contribution in [0.3, 0.4) is 0 Å². The van der Waals surface area contributed by atoms with Crippen LogP contribution in [-0.4, -0.2) is 0 Å². The normalized spacial score (nSPS) is 10.4. The van der Waals surface area contributed by atoms with Gasteiger partial charge in [0.25, 0.3) is 0 Å². The minimum Gasteiger partial charge on any atom is -0.354 e. The molecule has 0 fully saturated rings. The van der Waals surface area contributed by atoms with E-state index in [1.54, 1.807) is 0 Å². The molecule has 6 heteroatoms. The van der Waals surface area contributed by atoms with Crippen molar-refractivity contribution in [2.75, 3.05) is 31.9 Å². The van der Waals surface area contributed by atoms with Gasteiger partial charge in [0.15, 0.2) is 0 Å². The molecule has 6 nitrogen and oxygen atoms in total. The molecule has 42 heavy (non-hydrogen) atoms. The summed E-state index contributed by atoms with van der Waals surface area (Å²) in [7, 11) is 0. The maximum Gasteiger partial charge on any atom is 0.107 e. The van der Waals surface area contributed by atoms with Crippen LogP contribution in [0, 0.1) is 0 Å². The fourth-order valence-electron chi connectivity index (χ4n) is 4.58.